The van der Waals surface area contributed by atoms with Gasteiger partial charge in [-0.05, 0) is 17.7 Å². The Balaban J connectivity index is 2.01. The summed E-state index contributed by atoms with van der Waals surface area (Å²) >= 11 is 0. The Hall–Kier alpha value is -2.24. The summed E-state index contributed by atoms with van der Waals surface area (Å²) in [5.74, 6) is -0.720. The van der Waals surface area contributed by atoms with Crippen LogP contribution in [-0.4, -0.2) is 5.97 Å². The van der Waals surface area contributed by atoms with Crippen molar-refractivity contribution in [1.82, 2.24) is 0 Å². The molecule has 3 nitrogen and oxygen atoms in total. The molecule has 0 N–H and O–H groups in total. The molecule has 0 bridgehead atoms. The second-order valence-corrected chi connectivity index (χ2v) is 4.12. The van der Waals surface area contributed by atoms with Crippen LogP contribution in [0.25, 0.3) is 0 Å². The van der Waals surface area contributed by atoms with Crippen LogP contribution in [0.2, 0.25) is 0 Å². The van der Waals surface area contributed by atoms with Gasteiger partial charge in [0.15, 0.2) is 0 Å². The number of rotatable bonds is 4. The number of benzene rings is 1. The highest BCUT2D eigenvalue weighted by molar-refractivity contribution is 5.73. The minimum Gasteiger partial charge on any atom is -0.472 e. The van der Waals surface area contributed by atoms with Crippen LogP contribution in [0.1, 0.15) is 16.7 Å². The molecule has 0 unspecified atom stereocenters. The van der Waals surface area contributed by atoms with Crippen molar-refractivity contribution in [2.45, 2.75) is 19.2 Å². The minimum absolute atomic E-state index is 0.0243. The molecule has 2 aromatic rings. The predicted molar refractivity (Wildman–Crippen MR) is 63.7 cm³/mol. The second kappa shape index (κ2) is 5.81. The summed E-state index contributed by atoms with van der Waals surface area (Å²) in [4.78, 5) is 11.6. The highest BCUT2D eigenvalue weighted by Crippen LogP contribution is 2.32. The second-order valence-electron chi connectivity index (χ2n) is 4.12. The van der Waals surface area contributed by atoms with Crippen LogP contribution in [-0.2, 0) is 28.7 Å². The Morgan fingerprint density at radius 1 is 1.20 bits per heavy atom. The van der Waals surface area contributed by atoms with Gasteiger partial charge < -0.3 is 9.15 Å². The van der Waals surface area contributed by atoms with E-state index in [9.17, 15) is 18.0 Å². The molecule has 1 heterocycles. The fourth-order valence-corrected chi connectivity index (χ4v) is 1.70. The zero-order chi connectivity index (χ0) is 14.6. The van der Waals surface area contributed by atoms with Gasteiger partial charge in [0.2, 0.25) is 0 Å². The van der Waals surface area contributed by atoms with E-state index in [-0.39, 0.29) is 12.2 Å². The Kier molecular flexibility index (Phi) is 4.12. The summed E-state index contributed by atoms with van der Waals surface area (Å²) in [5.41, 5.74) is -0.278. The van der Waals surface area contributed by atoms with Crippen LogP contribution in [0.15, 0.2) is 47.3 Å². The molecule has 20 heavy (non-hydrogen) atoms. The average molecular weight is 284 g/mol. The van der Waals surface area contributed by atoms with E-state index in [2.05, 4.69) is 0 Å². The predicted octanol–water partition coefficient (Wildman–Crippen LogP) is 3.58. The van der Waals surface area contributed by atoms with Crippen molar-refractivity contribution in [3.8, 4) is 0 Å². The van der Waals surface area contributed by atoms with Crippen LogP contribution in [0.3, 0.4) is 0 Å². The van der Waals surface area contributed by atoms with Gasteiger partial charge in [-0.3, -0.25) is 4.79 Å². The fraction of sp³-hybridized carbons (Fsp3) is 0.214. The maximum Gasteiger partial charge on any atom is 0.416 e. The molecule has 0 spiro atoms. The van der Waals surface area contributed by atoms with Crippen molar-refractivity contribution < 1.29 is 27.1 Å². The Morgan fingerprint density at radius 2 is 1.95 bits per heavy atom. The van der Waals surface area contributed by atoms with E-state index in [0.717, 1.165) is 6.07 Å². The van der Waals surface area contributed by atoms with Crippen molar-refractivity contribution in [1.29, 1.82) is 0 Å². The first-order valence-electron chi connectivity index (χ1n) is 5.78. The third kappa shape index (κ3) is 3.63. The van der Waals surface area contributed by atoms with Crippen molar-refractivity contribution in [2.24, 2.45) is 0 Å². The molecule has 0 aliphatic heterocycles. The number of hydrogen-bond donors (Lipinski definition) is 0. The van der Waals surface area contributed by atoms with Gasteiger partial charge in [0.05, 0.1) is 24.5 Å². The molecule has 0 saturated heterocycles. The third-order valence-corrected chi connectivity index (χ3v) is 2.64. The Morgan fingerprint density at radius 3 is 2.60 bits per heavy atom. The first-order chi connectivity index (χ1) is 9.47. The van der Waals surface area contributed by atoms with Crippen LogP contribution < -0.4 is 0 Å². The van der Waals surface area contributed by atoms with Crippen LogP contribution >= 0.6 is 0 Å². The molecular weight excluding hydrogens is 273 g/mol. The zero-order valence-electron chi connectivity index (χ0n) is 10.3. The standard InChI is InChI=1S/C14H11F3O3/c15-14(16,17)12-4-2-1-3-11(12)7-13(18)20-9-10-5-6-19-8-10/h1-6,8H,7,9H2. The van der Waals surface area contributed by atoms with Crippen LogP contribution in [0.4, 0.5) is 13.2 Å². The average Bonchev–Trinajstić information content (AvgIpc) is 2.89. The maximum atomic E-state index is 12.7. The van der Waals surface area contributed by atoms with Crippen molar-refractivity contribution >= 4 is 5.97 Å². The van der Waals surface area contributed by atoms with Gasteiger partial charge in [0, 0.05) is 5.56 Å². The number of alkyl halides is 3. The van der Waals surface area contributed by atoms with Gasteiger partial charge in [-0.15, -0.1) is 0 Å². The molecule has 1 aromatic carbocycles. The number of furan rings is 1. The Bertz CT molecular complexity index is 574. The smallest absolute Gasteiger partial charge is 0.416 e. The molecule has 0 atom stereocenters. The van der Waals surface area contributed by atoms with Crippen molar-refractivity contribution in [2.75, 3.05) is 0 Å². The summed E-state index contributed by atoms with van der Waals surface area (Å²) < 4.78 is 47.9. The number of ether oxygens (including phenoxy) is 1. The van der Waals surface area contributed by atoms with E-state index in [0.29, 0.717) is 5.56 Å². The SMILES string of the molecule is O=C(Cc1ccccc1C(F)(F)F)OCc1ccoc1. The number of carbonyl (C=O) groups excluding carboxylic acids is 1. The zero-order valence-corrected chi connectivity index (χ0v) is 10.3. The first-order valence-corrected chi connectivity index (χ1v) is 5.78. The van der Waals surface area contributed by atoms with Crippen LogP contribution in [0, 0.1) is 0 Å². The van der Waals surface area contributed by atoms with Crippen molar-refractivity contribution in [3.05, 3.63) is 59.5 Å². The summed E-state index contributed by atoms with van der Waals surface area (Å²) in [6.07, 6.45) is -2.09. The largest absolute Gasteiger partial charge is 0.472 e. The molecule has 0 aliphatic carbocycles. The summed E-state index contributed by atoms with van der Waals surface area (Å²) in [5, 5.41) is 0. The Labute approximate surface area is 113 Å². The minimum atomic E-state index is -4.48. The lowest BCUT2D eigenvalue weighted by atomic mass is 10.0. The molecule has 0 aliphatic rings. The highest BCUT2D eigenvalue weighted by atomic mass is 19.4. The van der Waals surface area contributed by atoms with Crippen LogP contribution in [0.5, 0.6) is 0 Å². The van der Waals surface area contributed by atoms with Gasteiger partial charge >= 0.3 is 12.1 Å². The van der Waals surface area contributed by atoms with Gasteiger partial charge in [-0.1, -0.05) is 18.2 Å². The lowest BCUT2D eigenvalue weighted by Crippen LogP contribution is -2.14. The summed E-state index contributed by atoms with van der Waals surface area (Å²) in [6.45, 7) is -0.0243. The first kappa shape index (κ1) is 14.2. The molecule has 106 valence electrons. The van der Waals surface area contributed by atoms with Gasteiger partial charge in [0.1, 0.15) is 6.61 Å². The van der Waals surface area contributed by atoms with E-state index in [4.69, 9.17) is 9.15 Å². The number of hydrogen-bond acceptors (Lipinski definition) is 3. The normalized spacial score (nSPS) is 11.3. The van der Waals surface area contributed by atoms with E-state index in [1.807, 2.05) is 0 Å². The fourth-order valence-electron chi connectivity index (χ4n) is 1.70. The quantitative estimate of drug-likeness (QED) is 0.805. The third-order valence-electron chi connectivity index (χ3n) is 2.64. The molecule has 0 saturated carbocycles. The van der Waals surface area contributed by atoms with E-state index < -0.39 is 24.1 Å². The lowest BCUT2D eigenvalue weighted by molar-refractivity contribution is -0.145. The maximum absolute atomic E-state index is 12.7. The summed E-state index contributed by atoms with van der Waals surface area (Å²) in [7, 11) is 0. The molecule has 1 aromatic heterocycles. The molecule has 6 heteroatoms. The topological polar surface area (TPSA) is 39.4 Å². The molecular formula is C14H11F3O3. The van der Waals surface area contributed by atoms with E-state index in [1.54, 1.807) is 6.07 Å². The number of halogens is 3. The van der Waals surface area contributed by atoms with Gasteiger partial charge in [0.25, 0.3) is 0 Å². The molecule has 0 fully saturated rings. The van der Waals surface area contributed by atoms with Crippen molar-refractivity contribution in [3.63, 3.8) is 0 Å². The highest BCUT2D eigenvalue weighted by Gasteiger charge is 2.33. The summed E-state index contributed by atoms with van der Waals surface area (Å²) in [6, 6.07) is 6.55. The monoisotopic (exact) mass is 284 g/mol. The number of carbonyl (C=O) groups is 1. The van der Waals surface area contributed by atoms with E-state index in [1.165, 1.54) is 30.7 Å². The molecule has 2 rings (SSSR count). The van der Waals surface area contributed by atoms with Gasteiger partial charge in [-0.2, -0.15) is 13.2 Å². The van der Waals surface area contributed by atoms with E-state index >= 15 is 0 Å². The lowest BCUT2D eigenvalue weighted by Gasteiger charge is -2.12. The molecule has 0 radical (unpaired) electrons. The number of esters is 1. The van der Waals surface area contributed by atoms with Gasteiger partial charge in [-0.25, -0.2) is 0 Å². The molecule has 0 amide bonds.